The molecule has 0 saturated heterocycles. The lowest BCUT2D eigenvalue weighted by Crippen LogP contribution is -1.93. The highest BCUT2D eigenvalue weighted by molar-refractivity contribution is 7.10. The molecule has 14 heavy (non-hydrogen) atoms. The van der Waals surface area contributed by atoms with Crippen LogP contribution < -0.4 is 5.73 Å². The van der Waals surface area contributed by atoms with Gasteiger partial charge in [0.2, 0.25) is 0 Å². The van der Waals surface area contributed by atoms with Gasteiger partial charge in [0.1, 0.15) is 0 Å². The Morgan fingerprint density at radius 1 is 1.07 bits per heavy atom. The van der Waals surface area contributed by atoms with Crippen LogP contribution in [-0.2, 0) is 13.0 Å². The van der Waals surface area contributed by atoms with Crippen molar-refractivity contribution in [3.8, 4) is 0 Å². The van der Waals surface area contributed by atoms with E-state index in [9.17, 15) is 0 Å². The van der Waals surface area contributed by atoms with Gasteiger partial charge in [-0.1, -0.05) is 30.3 Å². The van der Waals surface area contributed by atoms with E-state index in [-0.39, 0.29) is 0 Å². The minimum atomic E-state index is 0.644. The first-order chi connectivity index (χ1) is 6.88. The predicted molar refractivity (Wildman–Crippen MR) is 61.5 cm³/mol. The summed E-state index contributed by atoms with van der Waals surface area (Å²) in [6.45, 7) is 0.644. The zero-order valence-electron chi connectivity index (χ0n) is 7.94. The second-order valence-corrected chi connectivity index (χ2v) is 4.28. The number of nitrogens with two attached hydrogens (primary N) is 1. The Morgan fingerprint density at radius 3 is 2.50 bits per heavy atom. The average molecular weight is 203 g/mol. The van der Waals surface area contributed by atoms with Gasteiger partial charge in [-0.15, -0.1) is 11.3 Å². The molecule has 0 amide bonds. The molecule has 1 aromatic carbocycles. The lowest BCUT2D eigenvalue weighted by molar-refractivity contribution is 1.08. The van der Waals surface area contributed by atoms with Crippen molar-refractivity contribution in [1.82, 2.24) is 0 Å². The van der Waals surface area contributed by atoms with Gasteiger partial charge >= 0.3 is 0 Å². The Balaban J connectivity index is 2.11. The lowest BCUT2D eigenvalue weighted by atomic mass is 10.1. The molecule has 0 fully saturated rings. The maximum Gasteiger partial charge on any atom is 0.0186 e. The molecule has 1 nitrogen and oxygen atoms in total. The lowest BCUT2D eigenvalue weighted by Gasteiger charge is -1.96. The van der Waals surface area contributed by atoms with Crippen molar-refractivity contribution < 1.29 is 0 Å². The van der Waals surface area contributed by atoms with E-state index < -0.39 is 0 Å². The molecule has 2 rings (SSSR count). The van der Waals surface area contributed by atoms with E-state index in [0.29, 0.717) is 6.54 Å². The van der Waals surface area contributed by atoms with Crippen molar-refractivity contribution in [3.05, 3.63) is 57.8 Å². The van der Waals surface area contributed by atoms with Crippen molar-refractivity contribution in [2.45, 2.75) is 13.0 Å². The van der Waals surface area contributed by atoms with Crippen LogP contribution in [0.4, 0.5) is 0 Å². The second kappa shape index (κ2) is 4.40. The summed E-state index contributed by atoms with van der Waals surface area (Å²) in [7, 11) is 0. The van der Waals surface area contributed by atoms with E-state index in [0.717, 1.165) is 6.42 Å². The van der Waals surface area contributed by atoms with E-state index in [4.69, 9.17) is 5.73 Å². The molecule has 0 saturated carbocycles. The van der Waals surface area contributed by atoms with Crippen LogP contribution in [0, 0.1) is 0 Å². The summed E-state index contributed by atoms with van der Waals surface area (Å²) in [4.78, 5) is 1.39. The first-order valence-electron chi connectivity index (χ1n) is 4.69. The van der Waals surface area contributed by atoms with E-state index in [1.54, 1.807) is 11.3 Å². The molecule has 0 bridgehead atoms. The number of rotatable bonds is 3. The molecule has 2 heteroatoms. The minimum Gasteiger partial charge on any atom is -0.326 e. The minimum absolute atomic E-state index is 0.644. The van der Waals surface area contributed by atoms with E-state index in [1.165, 1.54) is 16.0 Å². The molecule has 0 aliphatic heterocycles. The third-order valence-corrected chi connectivity index (χ3v) is 3.15. The Bertz CT molecular complexity index is 392. The van der Waals surface area contributed by atoms with Crippen LogP contribution in [-0.4, -0.2) is 0 Å². The molecule has 0 radical (unpaired) electrons. The van der Waals surface area contributed by atoms with E-state index in [1.807, 2.05) is 6.07 Å². The fraction of sp³-hybridized carbons (Fsp3) is 0.167. The van der Waals surface area contributed by atoms with Gasteiger partial charge in [0, 0.05) is 17.8 Å². The van der Waals surface area contributed by atoms with Crippen LogP contribution in [0.1, 0.15) is 16.0 Å². The maximum absolute atomic E-state index is 5.56. The largest absolute Gasteiger partial charge is 0.326 e. The van der Waals surface area contributed by atoms with Gasteiger partial charge in [-0.25, -0.2) is 0 Å². The average Bonchev–Trinajstić information content (AvgIpc) is 2.67. The SMILES string of the molecule is NCc1csc(Cc2ccccc2)c1. The van der Waals surface area contributed by atoms with Gasteiger partial charge in [0.25, 0.3) is 0 Å². The van der Waals surface area contributed by atoms with Gasteiger partial charge < -0.3 is 5.73 Å². The fourth-order valence-corrected chi connectivity index (χ4v) is 2.36. The van der Waals surface area contributed by atoms with Crippen LogP contribution >= 0.6 is 11.3 Å². The van der Waals surface area contributed by atoms with Crippen molar-refractivity contribution >= 4 is 11.3 Å². The molecule has 2 N–H and O–H groups in total. The van der Waals surface area contributed by atoms with E-state index >= 15 is 0 Å². The first kappa shape index (κ1) is 9.44. The second-order valence-electron chi connectivity index (χ2n) is 3.29. The monoisotopic (exact) mass is 203 g/mol. The molecule has 1 aromatic heterocycles. The molecule has 0 unspecified atom stereocenters. The zero-order valence-corrected chi connectivity index (χ0v) is 8.76. The van der Waals surface area contributed by atoms with Crippen molar-refractivity contribution in [2.24, 2.45) is 5.73 Å². The number of hydrogen-bond donors (Lipinski definition) is 1. The smallest absolute Gasteiger partial charge is 0.0186 e. The first-order valence-corrected chi connectivity index (χ1v) is 5.57. The van der Waals surface area contributed by atoms with Crippen molar-refractivity contribution in [1.29, 1.82) is 0 Å². The molecular weight excluding hydrogens is 190 g/mol. The van der Waals surface area contributed by atoms with Crippen LogP contribution in [0.25, 0.3) is 0 Å². The molecular formula is C12H13NS. The summed E-state index contributed by atoms with van der Waals surface area (Å²) < 4.78 is 0. The van der Waals surface area contributed by atoms with Crippen LogP contribution in [0.2, 0.25) is 0 Å². The summed E-state index contributed by atoms with van der Waals surface area (Å²) in [6, 6.07) is 12.7. The molecule has 0 atom stereocenters. The maximum atomic E-state index is 5.56. The quantitative estimate of drug-likeness (QED) is 0.815. The summed E-state index contributed by atoms with van der Waals surface area (Å²) in [5, 5.41) is 2.14. The number of thiophene rings is 1. The molecule has 0 spiro atoms. The van der Waals surface area contributed by atoms with Gasteiger partial charge in [-0.3, -0.25) is 0 Å². The van der Waals surface area contributed by atoms with Gasteiger partial charge in [0.15, 0.2) is 0 Å². The molecule has 1 heterocycles. The Kier molecular flexibility index (Phi) is 2.96. The zero-order chi connectivity index (χ0) is 9.80. The summed E-state index contributed by atoms with van der Waals surface area (Å²) in [5.74, 6) is 0. The Hall–Kier alpha value is -1.12. The van der Waals surface area contributed by atoms with Crippen LogP contribution in [0.15, 0.2) is 41.8 Å². The Labute approximate surface area is 88.2 Å². The third kappa shape index (κ3) is 2.22. The van der Waals surface area contributed by atoms with Crippen molar-refractivity contribution in [3.63, 3.8) is 0 Å². The number of benzene rings is 1. The summed E-state index contributed by atoms with van der Waals surface area (Å²) in [5.41, 5.74) is 8.16. The van der Waals surface area contributed by atoms with Gasteiger partial charge in [-0.05, 0) is 22.6 Å². The summed E-state index contributed by atoms with van der Waals surface area (Å²) in [6.07, 6.45) is 1.02. The highest BCUT2D eigenvalue weighted by Gasteiger charge is 1.99. The van der Waals surface area contributed by atoms with Gasteiger partial charge in [-0.2, -0.15) is 0 Å². The van der Waals surface area contributed by atoms with Crippen molar-refractivity contribution in [2.75, 3.05) is 0 Å². The molecule has 0 aliphatic rings. The topological polar surface area (TPSA) is 26.0 Å². The normalized spacial score (nSPS) is 10.4. The molecule has 72 valence electrons. The predicted octanol–water partition coefficient (Wildman–Crippen LogP) is 2.80. The van der Waals surface area contributed by atoms with E-state index in [2.05, 4.69) is 35.7 Å². The fourth-order valence-electron chi connectivity index (χ4n) is 1.42. The highest BCUT2D eigenvalue weighted by atomic mass is 32.1. The van der Waals surface area contributed by atoms with Gasteiger partial charge in [0.05, 0.1) is 0 Å². The highest BCUT2D eigenvalue weighted by Crippen LogP contribution is 2.18. The molecule has 2 aromatic rings. The third-order valence-electron chi connectivity index (χ3n) is 2.16. The van der Waals surface area contributed by atoms with Crippen LogP contribution in [0.3, 0.4) is 0 Å². The summed E-state index contributed by atoms with van der Waals surface area (Å²) >= 11 is 1.79. The standard InChI is InChI=1S/C12H13NS/c13-8-11-7-12(14-9-11)6-10-4-2-1-3-5-10/h1-5,7,9H,6,8,13H2. The Morgan fingerprint density at radius 2 is 1.86 bits per heavy atom. The number of hydrogen-bond acceptors (Lipinski definition) is 2. The van der Waals surface area contributed by atoms with Crippen LogP contribution in [0.5, 0.6) is 0 Å². The molecule has 0 aliphatic carbocycles.